The highest BCUT2D eigenvalue weighted by atomic mass is 35.5. The van der Waals surface area contributed by atoms with Gasteiger partial charge in [0.15, 0.2) is 0 Å². The maximum atomic E-state index is 6.09. The van der Waals surface area contributed by atoms with Crippen molar-refractivity contribution in [1.29, 1.82) is 0 Å². The van der Waals surface area contributed by atoms with E-state index in [1.807, 2.05) is 0 Å². The molecular formula is C13H20Cl2N4O. The first-order chi connectivity index (χ1) is 9.08. The first-order valence-corrected chi connectivity index (χ1v) is 7.07. The Morgan fingerprint density at radius 1 is 1.35 bits per heavy atom. The zero-order valence-electron chi connectivity index (χ0n) is 11.8. The van der Waals surface area contributed by atoms with Gasteiger partial charge in [0.05, 0.1) is 24.4 Å². The van der Waals surface area contributed by atoms with Gasteiger partial charge in [0.25, 0.3) is 0 Å². The molecule has 3 rings (SSSR count). The summed E-state index contributed by atoms with van der Waals surface area (Å²) >= 11 is 6.09. The quantitative estimate of drug-likeness (QED) is 0.800. The van der Waals surface area contributed by atoms with Crippen LogP contribution in [0.1, 0.15) is 25.1 Å². The number of morpholine rings is 1. The Balaban J connectivity index is 0.00000147. The van der Waals surface area contributed by atoms with Crippen molar-refractivity contribution < 1.29 is 4.74 Å². The molecule has 1 fully saturated rings. The molecule has 7 heteroatoms. The van der Waals surface area contributed by atoms with Crippen LogP contribution in [-0.4, -0.2) is 41.8 Å². The molecule has 1 saturated heterocycles. The minimum Gasteiger partial charge on any atom is -0.377 e. The minimum absolute atomic E-state index is 0. The second kappa shape index (κ2) is 6.02. The average Bonchev–Trinajstić information content (AvgIpc) is 2.37. The second-order valence-corrected chi connectivity index (χ2v) is 6.02. The molecule has 0 spiro atoms. The van der Waals surface area contributed by atoms with Crippen LogP contribution in [0.2, 0.25) is 5.28 Å². The predicted molar refractivity (Wildman–Crippen MR) is 81.9 cm³/mol. The number of anilines is 1. The first kappa shape index (κ1) is 15.8. The van der Waals surface area contributed by atoms with Gasteiger partial charge in [-0.25, -0.2) is 9.97 Å². The fourth-order valence-corrected chi connectivity index (χ4v) is 2.97. The highest BCUT2D eigenvalue weighted by molar-refractivity contribution is 6.28. The number of fused-ring (bicyclic) bond motifs is 1. The molecule has 20 heavy (non-hydrogen) atoms. The molecule has 0 bridgehead atoms. The fourth-order valence-electron chi connectivity index (χ4n) is 2.78. The van der Waals surface area contributed by atoms with Crippen molar-refractivity contribution in [3.8, 4) is 0 Å². The molecule has 0 aromatic carbocycles. The second-order valence-electron chi connectivity index (χ2n) is 5.68. The highest BCUT2D eigenvalue weighted by Gasteiger charge is 2.34. The molecule has 1 aromatic heterocycles. The van der Waals surface area contributed by atoms with Crippen molar-refractivity contribution in [2.75, 3.05) is 31.2 Å². The minimum atomic E-state index is -0.0609. The van der Waals surface area contributed by atoms with Crippen molar-refractivity contribution in [2.45, 2.75) is 32.4 Å². The van der Waals surface area contributed by atoms with Crippen LogP contribution in [0, 0.1) is 0 Å². The Hall–Kier alpha value is -0.620. The zero-order chi connectivity index (χ0) is 13.5. The largest absolute Gasteiger partial charge is 0.377 e. The summed E-state index contributed by atoms with van der Waals surface area (Å²) in [5, 5.41) is 3.66. The lowest BCUT2D eigenvalue weighted by atomic mass is 9.99. The van der Waals surface area contributed by atoms with Crippen LogP contribution in [0.4, 0.5) is 5.82 Å². The number of hydrogen-bond acceptors (Lipinski definition) is 5. The van der Waals surface area contributed by atoms with E-state index in [1.54, 1.807) is 0 Å². The number of aromatic nitrogens is 2. The predicted octanol–water partition coefficient (Wildman–Crippen LogP) is 1.81. The van der Waals surface area contributed by atoms with Crippen LogP contribution in [0.5, 0.6) is 0 Å². The van der Waals surface area contributed by atoms with Gasteiger partial charge in [0, 0.05) is 18.7 Å². The number of ether oxygens (including phenoxy) is 1. The molecule has 1 aromatic rings. The maximum Gasteiger partial charge on any atom is 0.224 e. The summed E-state index contributed by atoms with van der Waals surface area (Å²) in [6.07, 6.45) is 0.954. The van der Waals surface area contributed by atoms with E-state index in [4.69, 9.17) is 16.3 Å². The number of hydrogen-bond donors (Lipinski definition) is 1. The lowest BCUT2D eigenvalue weighted by Gasteiger charge is -2.44. The molecule has 3 heterocycles. The Morgan fingerprint density at radius 2 is 2.15 bits per heavy atom. The summed E-state index contributed by atoms with van der Waals surface area (Å²) in [4.78, 5) is 11.2. The molecule has 0 amide bonds. The monoisotopic (exact) mass is 318 g/mol. The van der Waals surface area contributed by atoms with Crippen molar-refractivity contribution in [3.05, 3.63) is 16.5 Å². The van der Waals surface area contributed by atoms with Crippen molar-refractivity contribution in [2.24, 2.45) is 0 Å². The molecule has 5 nitrogen and oxygen atoms in total. The van der Waals surface area contributed by atoms with Gasteiger partial charge < -0.3 is 15.0 Å². The van der Waals surface area contributed by atoms with Crippen molar-refractivity contribution >= 4 is 29.8 Å². The van der Waals surface area contributed by atoms with Crippen LogP contribution in [0.15, 0.2) is 0 Å². The molecular weight excluding hydrogens is 299 g/mol. The lowest BCUT2D eigenvalue weighted by Crippen LogP contribution is -2.54. The van der Waals surface area contributed by atoms with E-state index in [9.17, 15) is 0 Å². The third-order valence-corrected chi connectivity index (χ3v) is 3.96. The molecule has 112 valence electrons. The first-order valence-electron chi connectivity index (χ1n) is 6.69. The summed E-state index contributed by atoms with van der Waals surface area (Å²) in [5.74, 6) is 0.991. The Bertz CT molecular complexity index is 496. The molecule has 2 aliphatic rings. The summed E-state index contributed by atoms with van der Waals surface area (Å²) in [6.45, 7) is 8.39. The normalized spacial score (nSPS) is 21.1. The summed E-state index contributed by atoms with van der Waals surface area (Å²) in [7, 11) is 0. The van der Waals surface area contributed by atoms with Crippen LogP contribution >= 0.6 is 24.0 Å². The van der Waals surface area contributed by atoms with Gasteiger partial charge in [0.2, 0.25) is 5.28 Å². The van der Waals surface area contributed by atoms with Gasteiger partial charge in [-0.15, -0.1) is 12.4 Å². The van der Waals surface area contributed by atoms with Crippen LogP contribution in [0.3, 0.4) is 0 Å². The fraction of sp³-hybridized carbons (Fsp3) is 0.692. The molecule has 0 radical (unpaired) electrons. The molecule has 0 atom stereocenters. The molecule has 0 unspecified atom stereocenters. The van der Waals surface area contributed by atoms with Crippen LogP contribution in [0.25, 0.3) is 0 Å². The average molecular weight is 319 g/mol. The third-order valence-electron chi connectivity index (χ3n) is 3.79. The summed E-state index contributed by atoms with van der Waals surface area (Å²) in [5.41, 5.74) is 2.20. The lowest BCUT2D eigenvalue weighted by molar-refractivity contribution is 0.0637. The maximum absolute atomic E-state index is 6.09. The van der Waals surface area contributed by atoms with Gasteiger partial charge in [-0.2, -0.15) is 0 Å². The molecule has 0 aliphatic carbocycles. The SMILES string of the molecule is CC1(C)COCCN1c1nc(Cl)nc2c1CCNC2.Cl. The van der Waals surface area contributed by atoms with Gasteiger partial charge in [-0.3, -0.25) is 0 Å². The topological polar surface area (TPSA) is 50.3 Å². The number of halogens is 2. The third kappa shape index (κ3) is 2.86. The van der Waals surface area contributed by atoms with E-state index in [-0.39, 0.29) is 17.9 Å². The zero-order valence-corrected chi connectivity index (χ0v) is 13.4. The number of nitrogens with one attached hydrogen (secondary N) is 1. The smallest absolute Gasteiger partial charge is 0.224 e. The van der Waals surface area contributed by atoms with Crippen molar-refractivity contribution in [3.63, 3.8) is 0 Å². The number of nitrogens with zero attached hydrogens (tertiary/aromatic N) is 3. The van der Waals surface area contributed by atoms with Gasteiger partial charge in [0.1, 0.15) is 5.82 Å². The van der Waals surface area contributed by atoms with E-state index in [0.29, 0.717) is 11.9 Å². The Kier molecular flexibility index (Phi) is 4.74. The van der Waals surface area contributed by atoms with E-state index in [1.165, 1.54) is 5.56 Å². The standard InChI is InChI=1S/C13H19ClN4O.ClH/c1-13(2)8-19-6-5-18(13)11-9-3-4-15-7-10(9)16-12(14)17-11;/h15H,3-8H2,1-2H3;1H. The van der Waals surface area contributed by atoms with Gasteiger partial charge in [-0.1, -0.05) is 0 Å². The molecule has 0 saturated carbocycles. The summed E-state index contributed by atoms with van der Waals surface area (Å²) < 4.78 is 5.58. The van der Waals surface area contributed by atoms with E-state index >= 15 is 0 Å². The van der Waals surface area contributed by atoms with Crippen molar-refractivity contribution in [1.82, 2.24) is 15.3 Å². The van der Waals surface area contributed by atoms with Gasteiger partial charge in [-0.05, 0) is 38.4 Å². The van der Waals surface area contributed by atoms with E-state index in [0.717, 1.165) is 44.2 Å². The van der Waals surface area contributed by atoms with Crippen LogP contribution < -0.4 is 10.2 Å². The summed E-state index contributed by atoms with van der Waals surface area (Å²) in [6, 6.07) is 0. The van der Waals surface area contributed by atoms with Crippen LogP contribution in [-0.2, 0) is 17.7 Å². The van der Waals surface area contributed by atoms with E-state index < -0.39 is 0 Å². The Morgan fingerprint density at radius 3 is 2.90 bits per heavy atom. The number of rotatable bonds is 1. The van der Waals surface area contributed by atoms with E-state index in [2.05, 4.69) is 34.0 Å². The molecule has 2 aliphatic heterocycles. The highest BCUT2D eigenvalue weighted by Crippen LogP contribution is 2.31. The Labute approximate surface area is 130 Å². The molecule has 1 N–H and O–H groups in total. The van der Waals surface area contributed by atoms with Gasteiger partial charge >= 0.3 is 0 Å².